The molecule has 170 valence electrons. The van der Waals surface area contributed by atoms with Crippen LogP contribution in [0.2, 0.25) is 0 Å². The predicted octanol–water partition coefficient (Wildman–Crippen LogP) is 4.89. The number of carbonyl (C=O) groups is 2. The van der Waals surface area contributed by atoms with Crippen LogP contribution < -0.4 is 16.2 Å². The molecule has 6 nitrogen and oxygen atoms in total. The van der Waals surface area contributed by atoms with Gasteiger partial charge < -0.3 is 10.6 Å². The fraction of sp³-hybridized carbons (Fsp3) is 0.107. The zero-order valence-electron chi connectivity index (χ0n) is 19.0. The largest absolute Gasteiger partial charge is 0.345 e. The van der Waals surface area contributed by atoms with Crippen molar-refractivity contribution >= 4 is 17.5 Å². The molecule has 0 saturated carbocycles. The van der Waals surface area contributed by atoms with Gasteiger partial charge >= 0.3 is 0 Å². The summed E-state index contributed by atoms with van der Waals surface area (Å²) in [5.41, 5.74) is 3.36. The number of amides is 2. The maximum atomic E-state index is 13.0. The summed E-state index contributed by atoms with van der Waals surface area (Å²) in [5, 5.41) is 5.74. The van der Waals surface area contributed by atoms with Crippen LogP contribution in [0, 0.1) is 6.92 Å². The van der Waals surface area contributed by atoms with Crippen molar-refractivity contribution in [2.45, 2.75) is 19.9 Å². The molecule has 2 amide bonds. The molecule has 0 aliphatic heterocycles. The fourth-order valence-electron chi connectivity index (χ4n) is 3.66. The number of hydrogen-bond donors (Lipinski definition) is 2. The van der Waals surface area contributed by atoms with Gasteiger partial charge in [0, 0.05) is 23.1 Å². The molecule has 3 aromatic carbocycles. The van der Waals surface area contributed by atoms with Gasteiger partial charge in [-0.3, -0.25) is 19.0 Å². The quantitative estimate of drug-likeness (QED) is 0.438. The summed E-state index contributed by atoms with van der Waals surface area (Å²) in [6, 6.07) is 26.7. The minimum absolute atomic E-state index is 0.0575. The highest BCUT2D eigenvalue weighted by atomic mass is 16.2. The number of rotatable bonds is 6. The zero-order chi connectivity index (χ0) is 24.1. The second-order valence-corrected chi connectivity index (χ2v) is 8.07. The van der Waals surface area contributed by atoms with Crippen molar-refractivity contribution in [1.82, 2.24) is 9.88 Å². The van der Waals surface area contributed by atoms with Crippen molar-refractivity contribution in [3.05, 3.63) is 130 Å². The number of nitrogens with one attached hydrogen (secondary N) is 2. The third kappa shape index (κ3) is 5.13. The number of anilines is 1. The Labute approximate surface area is 197 Å². The highest BCUT2D eigenvalue weighted by Crippen LogP contribution is 2.15. The molecular weight excluding hydrogens is 426 g/mol. The van der Waals surface area contributed by atoms with Crippen LogP contribution in [0.15, 0.2) is 102 Å². The third-order valence-electron chi connectivity index (χ3n) is 5.52. The molecule has 1 atom stereocenters. The van der Waals surface area contributed by atoms with Crippen molar-refractivity contribution in [1.29, 1.82) is 0 Å². The highest BCUT2D eigenvalue weighted by Gasteiger charge is 2.16. The van der Waals surface area contributed by atoms with Crippen molar-refractivity contribution in [3.63, 3.8) is 0 Å². The molecule has 0 aliphatic rings. The molecule has 2 N–H and O–H groups in total. The average Bonchev–Trinajstić information content (AvgIpc) is 2.85. The van der Waals surface area contributed by atoms with Crippen LogP contribution >= 0.6 is 0 Å². The number of pyridine rings is 1. The minimum Gasteiger partial charge on any atom is -0.345 e. The zero-order valence-corrected chi connectivity index (χ0v) is 19.0. The normalized spacial score (nSPS) is 11.5. The van der Waals surface area contributed by atoms with Gasteiger partial charge in [-0.2, -0.15) is 0 Å². The summed E-state index contributed by atoms with van der Waals surface area (Å²) in [7, 11) is 0. The molecule has 0 aliphatic carbocycles. The van der Waals surface area contributed by atoms with Gasteiger partial charge in [0.25, 0.3) is 17.4 Å². The lowest BCUT2D eigenvalue weighted by Gasteiger charge is -2.15. The molecule has 1 aromatic heterocycles. The van der Waals surface area contributed by atoms with Crippen LogP contribution in [0.3, 0.4) is 0 Å². The van der Waals surface area contributed by atoms with E-state index in [4.69, 9.17) is 0 Å². The summed E-state index contributed by atoms with van der Waals surface area (Å²) < 4.78 is 1.41. The van der Waals surface area contributed by atoms with Crippen LogP contribution in [0.4, 0.5) is 5.69 Å². The Morgan fingerprint density at radius 3 is 2.26 bits per heavy atom. The molecule has 0 saturated heterocycles. The number of benzene rings is 3. The van der Waals surface area contributed by atoms with Crippen molar-refractivity contribution in [2.75, 3.05) is 5.32 Å². The van der Waals surface area contributed by atoms with Gasteiger partial charge in [-0.15, -0.1) is 0 Å². The summed E-state index contributed by atoms with van der Waals surface area (Å²) in [5.74, 6) is -0.641. The van der Waals surface area contributed by atoms with Crippen molar-refractivity contribution < 1.29 is 9.59 Å². The van der Waals surface area contributed by atoms with Crippen LogP contribution in [0.5, 0.6) is 0 Å². The van der Waals surface area contributed by atoms with Crippen molar-refractivity contribution in [3.8, 4) is 5.69 Å². The molecule has 4 aromatic rings. The molecule has 6 heteroatoms. The van der Waals surface area contributed by atoms with E-state index in [2.05, 4.69) is 10.6 Å². The molecule has 4 rings (SSSR count). The number of hydrogen-bond acceptors (Lipinski definition) is 3. The first-order valence-electron chi connectivity index (χ1n) is 11.0. The van der Waals surface area contributed by atoms with Gasteiger partial charge in [-0.1, -0.05) is 48.0 Å². The van der Waals surface area contributed by atoms with Crippen LogP contribution in [0.1, 0.15) is 44.8 Å². The molecule has 0 spiro atoms. The average molecular weight is 452 g/mol. The van der Waals surface area contributed by atoms with E-state index in [1.165, 1.54) is 10.6 Å². The molecule has 0 fully saturated rings. The molecular formula is C28H25N3O3. The lowest BCUT2D eigenvalue weighted by molar-refractivity contribution is 0.0937. The molecule has 34 heavy (non-hydrogen) atoms. The fourth-order valence-corrected chi connectivity index (χ4v) is 3.66. The lowest BCUT2D eigenvalue weighted by atomic mass is 10.1. The molecule has 0 bridgehead atoms. The third-order valence-corrected chi connectivity index (χ3v) is 5.52. The van der Waals surface area contributed by atoms with Crippen LogP contribution in [-0.4, -0.2) is 16.4 Å². The molecule has 1 unspecified atom stereocenters. The highest BCUT2D eigenvalue weighted by molar-refractivity contribution is 6.04. The van der Waals surface area contributed by atoms with E-state index >= 15 is 0 Å². The van der Waals surface area contributed by atoms with E-state index in [1.807, 2.05) is 62.4 Å². The van der Waals surface area contributed by atoms with E-state index in [-0.39, 0.29) is 17.5 Å². The van der Waals surface area contributed by atoms with Gasteiger partial charge in [0.05, 0.1) is 6.04 Å². The predicted molar refractivity (Wildman–Crippen MR) is 133 cm³/mol. The Balaban J connectivity index is 1.50. The van der Waals surface area contributed by atoms with E-state index in [0.29, 0.717) is 16.9 Å². The number of aromatic nitrogens is 1. The summed E-state index contributed by atoms with van der Waals surface area (Å²) in [6.45, 7) is 3.80. The van der Waals surface area contributed by atoms with E-state index < -0.39 is 11.5 Å². The van der Waals surface area contributed by atoms with Crippen LogP contribution in [0.25, 0.3) is 5.69 Å². The van der Waals surface area contributed by atoms with Gasteiger partial charge in [0.2, 0.25) is 0 Å². The second kappa shape index (κ2) is 10.0. The topological polar surface area (TPSA) is 80.2 Å². The van der Waals surface area contributed by atoms with Gasteiger partial charge in [0.15, 0.2) is 0 Å². The SMILES string of the molecule is Cc1cccc(C(=O)Nc2ccc(-n3cccc(C(=O)NC(C)c4ccccc4)c3=O)cc2)c1. The second-order valence-electron chi connectivity index (χ2n) is 8.07. The Kier molecular flexibility index (Phi) is 6.69. The maximum Gasteiger partial charge on any atom is 0.267 e. The first-order chi connectivity index (χ1) is 16.4. The Bertz CT molecular complexity index is 1380. The van der Waals surface area contributed by atoms with E-state index in [1.54, 1.807) is 42.6 Å². The maximum absolute atomic E-state index is 13.0. The van der Waals surface area contributed by atoms with Crippen molar-refractivity contribution in [2.24, 2.45) is 0 Å². The molecule has 1 heterocycles. The lowest BCUT2D eigenvalue weighted by Crippen LogP contribution is -2.33. The van der Waals surface area contributed by atoms with Gasteiger partial charge in [-0.25, -0.2) is 0 Å². The summed E-state index contributed by atoms with van der Waals surface area (Å²) in [6.07, 6.45) is 1.61. The smallest absolute Gasteiger partial charge is 0.267 e. The standard InChI is InChI=1S/C28H25N3O3/c1-19-8-6-11-22(18-19)26(32)30-23-13-15-24(16-14-23)31-17-7-12-25(28(31)34)27(33)29-20(2)21-9-4-3-5-10-21/h3-18,20H,1-2H3,(H,29,33)(H,30,32). The van der Waals surface area contributed by atoms with E-state index in [9.17, 15) is 14.4 Å². The molecule has 0 radical (unpaired) electrons. The first-order valence-corrected chi connectivity index (χ1v) is 11.0. The summed E-state index contributed by atoms with van der Waals surface area (Å²) in [4.78, 5) is 38.3. The minimum atomic E-state index is -0.433. The Morgan fingerprint density at radius 1 is 0.824 bits per heavy atom. The first kappa shape index (κ1) is 22.7. The number of carbonyl (C=O) groups excluding carboxylic acids is 2. The number of aryl methyl sites for hydroxylation is 1. The van der Waals surface area contributed by atoms with Gasteiger partial charge in [0.1, 0.15) is 5.56 Å². The monoisotopic (exact) mass is 451 g/mol. The Hall–Kier alpha value is -4.45. The van der Waals surface area contributed by atoms with Gasteiger partial charge in [-0.05, 0) is 67.9 Å². The van der Waals surface area contributed by atoms with Crippen LogP contribution in [-0.2, 0) is 0 Å². The number of nitrogens with zero attached hydrogens (tertiary/aromatic N) is 1. The summed E-state index contributed by atoms with van der Waals surface area (Å²) >= 11 is 0. The van der Waals surface area contributed by atoms with E-state index in [0.717, 1.165) is 11.1 Å². The Morgan fingerprint density at radius 2 is 1.56 bits per heavy atom.